The topological polar surface area (TPSA) is 68.0 Å². The van der Waals surface area contributed by atoms with Crippen molar-refractivity contribution in [3.63, 3.8) is 0 Å². The zero-order chi connectivity index (χ0) is 13.8. The summed E-state index contributed by atoms with van der Waals surface area (Å²) < 4.78 is 0. The maximum atomic E-state index is 12.0. The molecule has 0 aliphatic rings. The van der Waals surface area contributed by atoms with Gasteiger partial charge >= 0.3 is 0 Å². The molecule has 1 amide bonds. The smallest absolute Gasteiger partial charge is 0.253 e. The molecule has 0 radical (unpaired) electrons. The molecule has 1 heterocycles. The maximum Gasteiger partial charge on any atom is 0.253 e. The summed E-state index contributed by atoms with van der Waals surface area (Å²) >= 11 is 0. The van der Waals surface area contributed by atoms with E-state index in [9.17, 15) is 4.79 Å². The Labute approximate surface area is 112 Å². The summed E-state index contributed by atoms with van der Waals surface area (Å²) in [5.41, 5.74) is 9.79. The molecule has 0 unspecified atom stereocenters. The first-order chi connectivity index (χ1) is 9.08. The highest BCUT2D eigenvalue weighted by Crippen LogP contribution is 2.13. The van der Waals surface area contributed by atoms with Crippen LogP contribution in [-0.2, 0) is 6.54 Å². The number of nitrogens with one attached hydrogen (secondary N) is 1. The number of amides is 1. The number of hydrogen-bond acceptors (Lipinski definition) is 3. The number of nitrogen functional groups attached to an aromatic ring is 1. The Hall–Kier alpha value is -2.36. The van der Waals surface area contributed by atoms with Gasteiger partial charge in [-0.2, -0.15) is 0 Å². The van der Waals surface area contributed by atoms with Gasteiger partial charge < -0.3 is 11.1 Å². The minimum absolute atomic E-state index is 0.178. The van der Waals surface area contributed by atoms with E-state index in [2.05, 4.69) is 10.3 Å². The van der Waals surface area contributed by atoms with Crippen LogP contribution < -0.4 is 11.1 Å². The average Bonchev–Trinajstić information content (AvgIpc) is 2.37. The number of hydrogen-bond donors (Lipinski definition) is 2. The van der Waals surface area contributed by atoms with Crippen LogP contribution in [0.4, 0.5) is 5.69 Å². The van der Waals surface area contributed by atoms with E-state index in [1.54, 1.807) is 18.3 Å². The second-order valence-corrected chi connectivity index (χ2v) is 4.54. The van der Waals surface area contributed by atoms with Gasteiger partial charge in [-0.15, -0.1) is 0 Å². The van der Waals surface area contributed by atoms with Crippen molar-refractivity contribution in [2.75, 3.05) is 5.73 Å². The van der Waals surface area contributed by atoms with Crippen LogP contribution in [0.25, 0.3) is 0 Å². The Kier molecular flexibility index (Phi) is 3.80. The Morgan fingerprint density at radius 1 is 1.32 bits per heavy atom. The van der Waals surface area contributed by atoms with Crippen molar-refractivity contribution in [2.24, 2.45) is 0 Å². The van der Waals surface area contributed by atoms with E-state index in [0.29, 0.717) is 17.8 Å². The minimum Gasteiger partial charge on any atom is -0.398 e. The molecule has 1 aromatic carbocycles. The van der Waals surface area contributed by atoms with E-state index in [-0.39, 0.29) is 5.91 Å². The molecule has 19 heavy (non-hydrogen) atoms. The zero-order valence-corrected chi connectivity index (χ0v) is 11.1. The van der Waals surface area contributed by atoms with Crippen LogP contribution >= 0.6 is 0 Å². The molecule has 0 bridgehead atoms. The van der Waals surface area contributed by atoms with Crippen LogP contribution in [0.3, 0.4) is 0 Å². The normalized spacial score (nSPS) is 10.2. The van der Waals surface area contributed by atoms with Crippen LogP contribution in [0, 0.1) is 13.8 Å². The van der Waals surface area contributed by atoms with Crippen LogP contribution in [0.2, 0.25) is 0 Å². The average molecular weight is 255 g/mol. The highest BCUT2D eigenvalue weighted by atomic mass is 16.1. The van der Waals surface area contributed by atoms with Crippen molar-refractivity contribution in [3.05, 3.63) is 58.9 Å². The summed E-state index contributed by atoms with van der Waals surface area (Å²) in [5.74, 6) is -0.178. The van der Waals surface area contributed by atoms with Crippen molar-refractivity contribution in [3.8, 4) is 0 Å². The van der Waals surface area contributed by atoms with Gasteiger partial charge in [-0.1, -0.05) is 12.1 Å². The lowest BCUT2D eigenvalue weighted by Gasteiger charge is -2.09. The highest BCUT2D eigenvalue weighted by Gasteiger charge is 2.10. The maximum absolute atomic E-state index is 12.0. The number of nitrogens with zero attached hydrogens (tertiary/aromatic N) is 1. The van der Waals surface area contributed by atoms with Crippen molar-refractivity contribution in [1.82, 2.24) is 10.3 Å². The number of anilines is 1. The first kappa shape index (κ1) is 13.1. The van der Waals surface area contributed by atoms with Gasteiger partial charge in [0.1, 0.15) is 0 Å². The number of nitrogens with two attached hydrogens (primary N) is 1. The van der Waals surface area contributed by atoms with E-state index < -0.39 is 0 Å². The van der Waals surface area contributed by atoms with Crippen molar-refractivity contribution in [1.29, 1.82) is 0 Å². The summed E-state index contributed by atoms with van der Waals surface area (Å²) in [6, 6.07) is 9.25. The van der Waals surface area contributed by atoms with Crippen molar-refractivity contribution < 1.29 is 4.79 Å². The fourth-order valence-corrected chi connectivity index (χ4v) is 1.85. The fourth-order valence-electron chi connectivity index (χ4n) is 1.85. The van der Waals surface area contributed by atoms with Crippen LogP contribution in [0.5, 0.6) is 0 Å². The summed E-state index contributed by atoms with van der Waals surface area (Å²) in [7, 11) is 0. The van der Waals surface area contributed by atoms with Gasteiger partial charge in [0.15, 0.2) is 0 Å². The van der Waals surface area contributed by atoms with E-state index in [0.717, 1.165) is 16.8 Å². The number of carbonyl (C=O) groups excluding carboxylic acids is 1. The SMILES string of the molecule is Cc1ccc(C(=O)NCc2ncccc2C)c(N)c1. The van der Waals surface area contributed by atoms with E-state index >= 15 is 0 Å². The quantitative estimate of drug-likeness (QED) is 0.826. The molecule has 0 fully saturated rings. The number of aryl methyl sites for hydroxylation is 2. The molecule has 0 spiro atoms. The zero-order valence-electron chi connectivity index (χ0n) is 11.1. The van der Waals surface area contributed by atoms with Gasteiger partial charge in [-0.25, -0.2) is 0 Å². The van der Waals surface area contributed by atoms with Gasteiger partial charge in [0.25, 0.3) is 5.91 Å². The predicted octanol–water partition coefficient (Wildman–Crippen LogP) is 2.21. The molecule has 0 aliphatic carbocycles. The molecule has 0 saturated carbocycles. The summed E-state index contributed by atoms with van der Waals surface area (Å²) in [6.07, 6.45) is 1.72. The first-order valence-electron chi connectivity index (χ1n) is 6.13. The molecule has 1 aromatic heterocycles. The Morgan fingerprint density at radius 3 is 2.79 bits per heavy atom. The van der Waals surface area contributed by atoms with Crippen molar-refractivity contribution >= 4 is 11.6 Å². The molecule has 98 valence electrons. The number of pyridine rings is 1. The van der Waals surface area contributed by atoms with Gasteiger partial charge in [0.2, 0.25) is 0 Å². The monoisotopic (exact) mass is 255 g/mol. The minimum atomic E-state index is -0.178. The van der Waals surface area contributed by atoms with E-state index in [1.807, 2.05) is 32.0 Å². The van der Waals surface area contributed by atoms with Gasteiger partial charge in [0, 0.05) is 11.9 Å². The standard InChI is InChI=1S/C15H17N3O/c1-10-5-6-12(13(16)8-10)15(19)18-9-14-11(2)4-3-7-17-14/h3-8H,9,16H2,1-2H3,(H,18,19). The third-order valence-electron chi connectivity index (χ3n) is 2.99. The van der Waals surface area contributed by atoms with Crippen molar-refractivity contribution in [2.45, 2.75) is 20.4 Å². The van der Waals surface area contributed by atoms with Gasteiger partial charge in [-0.05, 0) is 43.2 Å². The Morgan fingerprint density at radius 2 is 2.11 bits per heavy atom. The van der Waals surface area contributed by atoms with Gasteiger partial charge in [0.05, 0.1) is 17.8 Å². The number of benzene rings is 1. The number of aromatic nitrogens is 1. The molecule has 4 heteroatoms. The Balaban J connectivity index is 2.08. The fraction of sp³-hybridized carbons (Fsp3) is 0.200. The molecule has 2 rings (SSSR count). The van der Waals surface area contributed by atoms with E-state index in [1.165, 1.54) is 0 Å². The molecule has 3 N–H and O–H groups in total. The molecule has 0 aliphatic heterocycles. The molecular weight excluding hydrogens is 238 g/mol. The third kappa shape index (κ3) is 3.10. The molecule has 2 aromatic rings. The van der Waals surface area contributed by atoms with Gasteiger partial charge in [-0.3, -0.25) is 9.78 Å². The lowest BCUT2D eigenvalue weighted by atomic mass is 10.1. The summed E-state index contributed by atoms with van der Waals surface area (Å²) in [6.45, 7) is 4.31. The largest absolute Gasteiger partial charge is 0.398 e. The predicted molar refractivity (Wildman–Crippen MR) is 75.7 cm³/mol. The highest BCUT2D eigenvalue weighted by molar-refractivity contribution is 5.99. The second-order valence-electron chi connectivity index (χ2n) is 4.54. The van der Waals surface area contributed by atoms with E-state index in [4.69, 9.17) is 5.73 Å². The third-order valence-corrected chi connectivity index (χ3v) is 2.99. The summed E-state index contributed by atoms with van der Waals surface area (Å²) in [4.78, 5) is 16.3. The Bertz CT molecular complexity index is 608. The lowest BCUT2D eigenvalue weighted by Crippen LogP contribution is -2.24. The summed E-state index contributed by atoms with van der Waals surface area (Å²) in [5, 5.41) is 2.83. The second kappa shape index (κ2) is 5.52. The molecule has 0 saturated heterocycles. The number of carbonyl (C=O) groups is 1. The molecule has 0 atom stereocenters. The van der Waals surface area contributed by atoms with Crippen LogP contribution in [0.15, 0.2) is 36.5 Å². The number of rotatable bonds is 3. The molecule has 4 nitrogen and oxygen atoms in total. The lowest BCUT2D eigenvalue weighted by molar-refractivity contribution is 0.0951. The first-order valence-corrected chi connectivity index (χ1v) is 6.13. The van der Waals surface area contributed by atoms with Crippen LogP contribution in [0.1, 0.15) is 27.2 Å². The van der Waals surface area contributed by atoms with Crippen LogP contribution in [-0.4, -0.2) is 10.9 Å². The molecular formula is C15H17N3O.